The molecule has 0 aliphatic heterocycles. The summed E-state index contributed by atoms with van der Waals surface area (Å²) in [6, 6.07) is 0. The number of carbonyl (C=O) groups excluding carboxylic acids is 1. The van der Waals surface area contributed by atoms with Crippen molar-refractivity contribution >= 4 is 22.0 Å². The van der Waals surface area contributed by atoms with E-state index in [1.54, 1.807) is 4.68 Å². The van der Waals surface area contributed by atoms with Crippen molar-refractivity contribution in [2.24, 2.45) is 7.05 Å². The Morgan fingerprint density at radius 1 is 1.43 bits per heavy atom. The van der Waals surface area contributed by atoms with E-state index in [0.29, 0.717) is 19.8 Å². The Labute approximate surface area is 135 Å². The number of amides is 1. The van der Waals surface area contributed by atoms with Gasteiger partial charge in [0.15, 0.2) is 0 Å². The number of halogens is 1. The summed E-state index contributed by atoms with van der Waals surface area (Å²) in [5.41, 5.74) is 0.351. The van der Waals surface area contributed by atoms with Crippen molar-refractivity contribution in [3.05, 3.63) is 16.4 Å². The lowest BCUT2D eigenvalue weighted by atomic mass is 10.2. The molecule has 0 aliphatic rings. The molecule has 1 heterocycles. The summed E-state index contributed by atoms with van der Waals surface area (Å²) >= 11 is 3.39. The van der Waals surface area contributed by atoms with Gasteiger partial charge in [-0.1, -0.05) is 13.8 Å². The number of hydrogen-bond acceptors (Lipinski definition) is 4. The number of hydrogen-bond donors (Lipinski definition) is 1. The second kappa shape index (κ2) is 9.78. The smallest absolute Gasteiger partial charge is 0.407 e. The van der Waals surface area contributed by atoms with E-state index in [0.717, 1.165) is 10.2 Å². The zero-order valence-corrected chi connectivity index (χ0v) is 15.3. The number of rotatable bonds is 5. The number of nitrogens with zero attached hydrogens (tertiary/aromatic N) is 2. The first-order valence-corrected chi connectivity index (χ1v) is 7.80. The highest BCUT2D eigenvalue weighted by atomic mass is 79.9. The first kappa shape index (κ1) is 19.9. The van der Waals surface area contributed by atoms with Crippen LogP contribution in [0.5, 0.6) is 0 Å². The van der Waals surface area contributed by atoms with Crippen molar-refractivity contribution in [1.82, 2.24) is 15.1 Å². The molecule has 0 spiro atoms. The summed E-state index contributed by atoms with van der Waals surface area (Å²) in [5, 5.41) is 6.85. The normalized spacial score (nSPS) is 10.6. The fraction of sp³-hybridized carbons (Fsp3) is 0.714. The molecule has 21 heavy (non-hydrogen) atoms. The molecule has 0 bridgehead atoms. The van der Waals surface area contributed by atoms with Gasteiger partial charge >= 0.3 is 6.09 Å². The maximum absolute atomic E-state index is 11.3. The van der Waals surface area contributed by atoms with Gasteiger partial charge in [0.05, 0.1) is 17.7 Å². The highest BCUT2D eigenvalue weighted by molar-refractivity contribution is 9.10. The topological polar surface area (TPSA) is 65.4 Å². The SMILES string of the molecule is CC.Cn1cc(Br)c(COCCNC(=O)OC(C)(C)C)n1. The lowest BCUT2D eigenvalue weighted by molar-refractivity contribution is 0.0492. The van der Waals surface area contributed by atoms with Crippen molar-refractivity contribution in [2.75, 3.05) is 13.2 Å². The molecule has 0 aromatic carbocycles. The average Bonchev–Trinajstić information content (AvgIpc) is 2.68. The second-order valence-corrected chi connectivity index (χ2v) is 5.93. The van der Waals surface area contributed by atoms with Crippen LogP contribution >= 0.6 is 15.9 Å². The van der Waals surface area contributed by atoms with Crippen LogP contribution < -0.4 is 5.32 Å². The largest absolute Gasteiger partial charge is 0.444 e. The Balaban J connectivity index is 0.00000191. The highest BCUT2D eigenvalue weighted by Gasteiger charge is 2.15. The van der Waals surface area contributed by atoms with Crippen LogP contribution in [0.3, 0.4) is 0 Å². The molecule has 0 fully saturated rings. The Bertz CT molecular complexity index is 428. The molecule has 1 aromatic rings. The van der Waals surface area contributed by atoms with Gasteiger partial charge in [-0.25, -0.2) is 4.79 Å². The maximum Gasteiger partial charge on any atom is 0.407 e. The zero-order valence-electron chi connectivity index (χ0n) is 13.7. The van der Waals surface area contributed by atoms with Crippen LogP contribution in [0.25, 0.3) is 0 Å². The summed E-state index contributed by atoms with van der Waals surface area (Å²) in [7, 11) is 1.85. The number of nitrogens with one attached hydrogen (secondary N) is 1. The molecule has 0 saturated heterocycles. The van der Waals surface area contributed by atoms with Crippen molar-refractivity contribution in [2.45, 2.75) is 46.8 Å². The van der Waals surface area contributed by atoms with Crippen LogP contribution in [-0.2, 0) is 23.1 Å². The van der Waals surface area contributed by atoms with Crippen molar-refractivity contribution < 1.29 is 14.3 Å². The van der Waals surface area contributed by atoms with E-state index in [4.69, 9.17) is 9.47 Å². The average molecular weight is 364 g/mol. The fourth-order valence-corrected chi connectivity index (χ4v) is 1.80. The van der Waals surface area contributed by atoms with Crippen LogP contribution in [0.4, 0.5) is 4.79 Å². The monoisotopic (exact) mass is 363 g/mol. The number of ether oxygens (including phenoxy) is 2. The number of aromatic nitrogens is 2. The Morgan fingerprint density at radius 2 is 2.05 bits per heavy atom. The third-order valence-corrected chi connectivity index (χ3v) is 2.67. The molecule has 6 nitrogen and oxygen atoms in total. The Morgan fingerprint density at radius 3 is 2.52 bits per heavy atom. The molecule has 0 radical (unpaired) electrons. The second-order valence-electron chi connectivity index (χ2n) is 5.08. The third-order valence-electron chi connectivity index (χ3n) is 2.01. The van der Waals surface area contributed by atoms with Crippen molar-refractivity contribution in [3.8, 4) is 0 Å². The van der Waals surface area contributed by atoms with Crippen molar-refractivity contribution in [3.63, 3.8) is 0 Å². The van der Waals surface area contributed by atoms with Crippen LogP contribution in [0.15, 0.2) is 10.7 Å². The molecular formula is C14H26BrN3O3. The van der Waals surface area contributed by atoms with E-state index in [2.05, 4.69) is 26.3 Å². The first-order valence-electron chi connectivity index (χ1n) is 7.00. The number of aryl methyl sites for hydroxylation is 1. The molecule has 1 amide bonds. The maximum atomic E-state index is 11.3. The van der Waals surface area contributed by atoms with Crippen molar-refractivity contribution in [1.29, 1.82) is 0 Å². The molecule has 122 valence electrons. The summed E-state index contributed by atoms with van der Waals surface area (Å²) < 4.78 is 13.1. The lowest BCUT2D eigenvalue weighted by Crippen LogP contribution is -2.34. The minimum atomic E-state index is -0.482. The van der Waals surface area contributed by atoms with Crippen LogP contribution in [0, 0.1) is 0 Å². The molecular weight excluding hydrogens is 338 g/mol. The number of carbonyl (C=O) groups is 1. The van der Waals surface area contributed by atoms with Crippen LogP contribution in [-0.4, -0.2) is 34.6 Å². The van der Waals surface area contributed by atoms with Gasteiger partial charge in [0.2, 0.25) is 0 Å². The lowest BCUT2D eigenvalue weighted by Gasteiger charge is -2.19. The highest BCUT2D eigenvalue weighted by Crippen LogP contribution is 2.14. The van der Waals surface area contributed by atoms with Crippen LogP contribution in [0.1, 0.15) is 40.3 Å². The molecule has 1 aromatic heterocycles. The standard InChI is InChI=1S/C12H20BrN3O3.C2H6/c1-12(2,3)19-11(17)14-5-6-18-8-10-9(13)7-16(4)15-10;1-2/h7H,5-6,8H2,1-4H3,(H,14,17);1-2H3. The quantitative estimate of drug-likeness (QED) is 0.815. The first-order chi connectivity index (χ1) is 9.78. The van der Waals surface area contributed by atoms with E-state index in [1.807, 2.05) is 47.9 Å². The summed E-state index contributed by atoms with van der Waals surface area (Å²) in [4.78, 5) is 11.3. The van der Waals surface area contributed by atoms with Gasteiger partial charge in [-0.3, -0.25) is 4.68 Å². The molecule has 0 saturated carbocycles. The van der Waals surface area contributed by atoms with E-state index in [-0.39, 0.29) is 0 Å². The van der Waals surface area contributed by atoms with Gasteiger partial charge < -0.3 is 14.8 Å². The Kier molecular flexibility index (Phi) is 9.28. The van der Waals surface area contributed by atoms with Gasteiger partial charge in [-0.2, -0.15) is 5.10 Å². The fourth-order valence-electron chi connectivity index (χ4n) is 1.31. The van der Waals surface area contributed by atoms with Gasteiger partial charge in [0.25, 0.3) is 0 Å². The van der Waals surface area contributed by atoms with Crippen LogP contribution in [0.2, 0.25) is 0 Å². The summed E-state index contributed by atoms with van der Waals surface area (Å²) in [6.45, 7) is 10.7. The molecule has 7 heteroatoms. The predicted octanol–water partition coefficient (Wildman–Crippen LogP) is 3.25. The van der Waals surface area contributed by atoms with Gasteiger partial charge in [-0.15, -0.1) is 0 Å². The summed E-state index contributed by atoms with van der Waals surface area (Å²) in [6.07, 6.45) is 1.42. The minimum absolute atomic E-state index is 0.400. The number of alkyl carbamates (subject to hydrolysis) is 1. The molecule has 1 N–H and O–H groups in total. The van der Waals surface area contributed by atoms with E-state index in [9.17, 15) is 4.79 Å². The van der Waals surface area contributed by atoms with Gasteiger partial charge in [0.1, 0.15) is 11.3 Å². The van der Waals surface area contributed by atoms with Gasteiger partial charge in [0, 0.05) is 19.8 Å². The third kappa shape index (κ3) is 9.47. The predicted molar refractivity (Wildman–Crippen MR) is 86.1 cm³/mol. The molecule has 0 unspecified atom stereocenters. The van der Waals surface area contributed by atoms with E-state index < -0.39 is 11.7 Å². The van der Waals surface area contributed by atoms with E-state index in [1.165, 1.54) is 0 Å². The molecule has 0 atom stereocenters. The Hall–Kier alpha value is -1.08. The van der Waals surface area contributed by atoms with E-state index >= 15 is 0 Å². The summed E-state index contributed by atoms with van der Waals surface area (Å²) in [5.74, 6) is 0. The zero-order chi connectivity index (χ0) is 16.5. The minimum Gasteiger partial charge on any atom is -0.444 e. The molecule has 0 aliphatic carbocycles. The van der Waals surface area contributed by atoms with Gasteiger partial charge in [-0.05, 0) is 36.7 Å². The molecule has 1 rings (SSSR count).